The lowest BCUT2D eigenvalue weighted by Crippen LogP contribution is -2.05. The summed E-state index contributed by atoms with van der Waals surface area (Å²) in [6.07, 6.45) is 6.30. The molecule has 0 saturated heterocycles. The third-order valence-corrected chi connectivity index (χ3v) is 6.02. The summed E-state index contributed by atoms with van der Waals surface area (Å²) in [6.45, 7) is 0. The molecule has 3 nitrogen and oxygen atoms in total. The van der Waals surface area contributed by atoms with E-state index in [0.717, 1.165) is 39.1 Å². The van der Waals surface area contributed by atoms with E-state index in [0.29, 0.717) is 5.92 Å². The normalized spacial score (nSPS) is 15.4. The highest BCUT2D eigenvalue weighted by atomic mass is 35.5. The van der Waals surface area contributed by atoms with Crippen molar-refractivity contribution in [2.24, 2.45) is 0 Å². The van der Waals surface area contributed by atoms with Crippen molar-refractivity contribution >= 4 is 17.4 Å². The lowest BCUT2D eigenvalue weighted by Gasteiger charge is -2.20. The van der Waals surface area contributed by atoms with E-state index in [1.807, 2.05) is 24.3 Å². The minimum atomic E-state index is 0.511. The van der Waals surface area contributed by atoms with Gasteiger partial charge in [0.05, 0.1) is 17.1 Å². The fourth-order valence-electron chi connectivity index (χ4n) is 4.31. The molecule has 0 spiro atoms. The lowest BCUT2D eigenvalue weighted by molar-refractivity contribution is 0.438. The first-order chi connectivity index (χ1) is 13.3. The van der Waals surface area contributed by atoms with E-state index >= 15 is 0 Å². The maximum Gasteiger partial charge on any atom is 0.213 e. The number of imidazole rings is 2. The molecule has 5 rings (SSSR count). The van der Waals surface area contributed by atoms with E-state index in [4.69, 9.17) is 16.6 Å². The number of nitrogens with zero attached hydrogens (tertiary/aromatic N) is 2. The number of fused-ring (bicyclic) bond motifs is 1. The molecule has 136 valence electrons. The molecule has 27 heavy (non-hydrogen) atoms. The highest BCUT2D eigenvalue weighted by Crippen LogP contribution is 2.40. The predicted octanol–water partition coefficient (Wildman–Crippen LogP) is 6.70. The van der Waals surface area contributed by atoms with Gasteiger partial charge in [0.25, 0.3) is 0 Å². The molecule has 0 atom stereocenters. The number of aromatic nitrogens is 3. The molecule has 0 bridgehead atoms. The van der Waals surface area contributed by atoms with E-state index < -0.39 is 0 Å². The van der Waals surface area contributed by atoms with Gasteiger partial charge in [-0.05, 0) is 12.8 Å². The summed E-state index contributed by atoms with van der Waals surface area (Å²) in [5.41, 5.74) is 5.39. The molecular weight excluding hydrogens is 354 g/mol. The molecule has 0 unspecified atom stereocenters. The zero-order valence-corrected chi connectivity index (χ0v) is 15.9. The maximum atomic E-state index is 6.94. The second-order valence-electron chi connectivity index (χ2n) is 7.36. The maximum absolute atomic E-state index is 6.94. The summed E-state index contributed by atoms with van der Waals surface area (Å²) in [5, 5.41) is 0.783. The van der Waals surface area contributed by atoms with Crippen LogP contribution in [0.1, 0.15) is 43.7 Å². The molecular formula is C23H22ClN3. The fraction of sp³-hybridized carbons (Fsp3) is 0.261. The SMILES string of the molecule is Clc1c(C2CCCCC2)[nH]c2nc(-c3ccccc3)c(-c3ccccc3)n12. The largest absolute Gasteiger partial charge is 0.326 e. The van der Waals surface area contributed by atoms with Crippen LogP contribution in [0.3, 0.4) is 0 Å². The van der Waals surface area contributed by atoms with E-state index in [9.17, 15) is 0 Å². The van der Waals surface area contributed by atoms with Crippen LogP contribution in [0.5, 0.6) is 0 Å². The summed E-state index contributed by atoms with van der Waals surface area (Å²) in [5.74, 6) is 1.34. The molecule has 1 aliphatic carbocycles. The van der Waals surface area contributed by atoms with Crippen LogP contribution in [0, 0.1) is 0 Å². The van der Waals surface area contributed by atoms with Crippen LogP contribution in [-0.4, -0.2) is 14.4 Å². The smallest absolute Gasteiger partial charge is 0.213 e. The zero-order valence-electron chi connectivity index (χ0n) is 15.2. The van der Waals surface area contributed by atoms with E-state index in [-0.39, 0.29) is 0 Å². The number of hydrogen-bond acceptors (Lipinski definition) is 1. The Hall–Kier alpha value is -2.52. The third kappa shape index (κ3) is 2.87. The van der Waals surface area contributed by atoms with Crippen molar-refractivity contribution in [2.75, 3.05) is 0 Å². The molecule has 4 heteroatoms. The summed E-state index contributed by atoms with van der Waals surface area (Å²) < 4.78 is 2.10. The van der Waals surface area contributed by atoms with Crippen molar-refractivity contribution in [3.8, 4) is 22.5 Å². The minimum Gasteiger partial charge on any atom is -0.326 e. The number of nitrogens with one attached hydrogen (secondary N) is 1. The van der Waals surface area contributed by atoms with Crippen molar-refractivity contribution in [1.82, 2.24) is 14.4 Å². The van der Waals surface area contributed by atoms with Crippen LogP contribution in [-0.2, 0) is 0 Å². The molecule has 0 radical (unpaired) electrons. The van der Waals surface area contributed by atoms with Crippen molar-refractivity contribution < 1.29 is 0 Å². The molecule has 4 aromatic rings. The Morgan fingerprint density at radius 2 is 1.48 bits per heavy atom. The molecule has 0 amide bonds. The molecule has 1 fully saturated rings. The molecule has 0 aliphatic heterocycles. The summed E-state index contributed by atoms with van der Waals surface area (Å²) >= 11 is 6.94. The highest BCUT2D eigenvalue weighted by Gasteiger charge is 2.26. The Morgan fingerprint density at radius 1 is 0.852 bits per heavy atom. The van der Waals surface area contributed by atoms with Crippen LogP contribution < -0.4 is 0 Å². The van der Waals surface area contributed by atoms with Crippen LogP contribution in [0.25, 0.3) is 28.3 Å². The van der Waals surface area contributed by atoms with Gasteiger partial charge >= 0.3 is 0 Å². The van der Waals surface area contributed by atoms with Crippen molar-refractivity contribution in [1.29, 1.82) is 0 Å². The molecule has 2 heterocycles. The summed E-state index contributed by atoms with van der Waals surface area (Å²) in [7, 11) is 0. The second kappa shape index (κ2) is 6.90. The van der Waals surface area contributed by atoms with Gasteiger partial charge in [-0.25, -0.2) is 4.98 Å². The van der Waals surface area contributed by atoms with Gasteiger partial charge in [-0.3, -0.25) is 4.40 Å². The van der Waals surface area contributed by atoms with Gasteiger partial charge in [0.15, 0.2) is 0 Å². The number of hydrogen-bond donors (Lipinski definition) is 1. The average molecular weight is 376 g/mol. The fourth-order valence-corrected chi connectivity index (χ4v) is 4.68. The van der Waals surface area contributed by atoms with E-state index in [1.54, 1.807) is 0 Å². The quantitative estimate of drug-likeness (QED) is 0.424. The summed E-state index contributed by atoms with van der Waals surface area (Å²) in [6, 6.07) is 20.7. The molecule has 1 saturated carbocycles. The zero-order chi connectivity index (χ0) is 18.2. The number of aromatic amines is 1. The standard InChI is InChI=1S/C23H22ClN3/c24-22-20(17-12-6-2-7-13-17)26-23-25-19(16-10-4-1-5-11-16)21(27(22)23)18-14-8-3-9-15-18/h1,3-5,8-11,14-15,17H,2,6-7,12-13H2,(H,25,26). The number of H-pyrrole nitrogens is 1. The van der Waals surface area contributed by atoms with Crippen LogP contribution in [0.4, 0.5) is 0 Å². The monoisotopic (exact) mass is 375 g/mol. The van der Waals surface area contributed by atoms with Crippen LogP contribution in [0.2, 0.25) is 5.15 Å². The van der Waals surface area contributed by atoms with Gasteiger partial charge in [-0.15, -0.1) is 0 Å². The first-order valence-corrected chi connectivity index (χ1v) is 10.1. The number of halogens is 1. The van der Waals surface area contributed by atoms with Crippen LogP contribution >= 0.6 is 11.6 Å². The lowest BCUT2D eigenvalue weighted by atomic mass is 9.87. The first-order valence-electron chi connectivity index (χ1n) is 9.73. The van der Waals surface area contributed by atoms with Gasteiger partial charge < -0.3 is 4.98 Å². The number of rotatable bonds is 3. The van der Waals surface area contributed by atoms with E-state index in [1.165, 1.54) is 32.1 Å². The third-order valence-electron chi connectivity index (χ3n) is 5.65. The van der Waals surface area contributed by atoms with Gasteiger partial charge in [0.2, 0.25) is 5.78 Å². The Bertz CT molecular complexity index is 1060. The summed E-state index contributed by atoms with van der Waals surface area (Å²) in [4.78, 5) is 8.51. The predicted molar refractivity (Wildman–Crippen MR) is 111 cm³/mol. The molecule has 2 aromatic heterocycles. The Kier molecular flexibility index (Phi) is 4.25. The molecule has 2 aromatic carbocycles. The molecule has 1 N–H and O–H groups in total. The van der Waals surface area contributed by atoms with Crippen molar-refractivity contribution in [3.05, 3.63) is 71.5 Å². The van der Waals surface area contributed by atoms with Crippen molar-refractivity contribution in [3.63, 3.8) is 0 Å². The number of benzene rings is 2. The highest BCUT2D eigenvalue weighted by molar-refractivity contribution is 6.30. The minimum absolute atomic E-state index is 0.511. The first kappa shape index (κ1) is 16.6. The average Bonchev–Trinajstić information content (AvgIpc) is 3.27. The van der Waals surface area contributed by atoms with Gasteiger partial charge in [0, 0.05) is 17.0 Å². The van der Waals surface area contributed by atoms with E-state index in [2.05, 4.69) is 45.8 Å². The Labute approximate surface area is 164 Å². The topological polar surface area (TPSA) is 33.1 Å². The van der Waals surface area contributed by atoms with Gasteiger partial charge in [0.1, 0.15) is 5.15 Å². The Balaban J connectivity index is 1.74. The van der Waals surface area contributed by atoms with Crippen LogP contribution in [0.15, 0.2) is 60.7 Å². The van der Waals surface area contributed by atoms with Gasteiger partial charge in [-0.1, -0.05) is 91.5 Å². The van der Waals surface area contributed by atoms with Crippen molar-refractivity contribution in [2.45, 2.75) is 38.0 Å². The molecule has 1 aliphatic rings. The second-order valence-corrected chi connectivity index (χ2v) is 7.72. The Morgan fingerprint density at radius 3 is 2.15 bits per heavy atom. The van der Waals surface area contributed by atoms with Gasteiger partial charge in [-0.2, -0.15) is 0 Å².